The Morgan fingerprint density at radius 3 is 2.47 bits per heavy atom. The first kappa shape index (κ1) is 16.2. The van der Waals surface area contributed by atoms with Gasteiger partial charge in [0.2, 0.25) is 0 Å². The van der Waals surface area contributed by atoms with Gasteiger partial charge in [-0.25, -0.2) is 8.42 Å². The summed E-state index contributed by atoms with van der Waals surface area (Å²) in [5, 5.41) is 3.37. The van der Waals surface area contributed by atoms with E-state index in [2.05, 4.69) is 19.2 Å². The highest BCUT2D eigenvalue weighted by Gasteiger charge is 2.16. The van der Waals surface area contributed by atoms with Crippen molar-refractivity contribution in [2.75, 3.05) is 12.3 Å². The second-order valence-electron chi connectivity index (χ2n) is 4.89. The summed E-state index contributed by atoms with van der Waals surface area (Å²) in [6, 6.07) is 7.63. The molecule has 0 saturated carbocycles. The maximum atomic E-state index is 12.3. The van der Waals surface area contributed by atoms with Crippen molar-refractivity contribution >= 4 is 9.84 Å². The van der Waals surface area contributed by atoms with Crippen LogP contribution >= 0.6 is 0 Å². The highest BCUT2D eigenvalue weighted by Crippen LogP contribution is 2.17. The highest BCUT2D eigenvalue weighted by molar-refractivity contribution is 7.91. The number of benzene rings is 1. The first-order valence-electron chi connectivity index (χ1n) is 7.03. The van der Waals surface area contributed by atoms with E-state index in [0.29, 0.717) is 17.4 Å². The van der Waals surface area contributed by atoms with E-state index >= 15 is 0 Å². The van der Waals surface area contributed by atoms with Crippen molar-refractivity contribution in [2.45, 2.75) is 51.0 Å². The van der Waals surface area contributed by atoms with Crippen LogP contribution in [0.2, 0.25) is 0 Å². The predicted molar refractivity (Wildman–Crippen MR) is 80.2 cm³/mol. The number of aryl methyl sites for hydroxylation is 1. The Morgan fingerprint density at radius 2 is 1.89 bits per heavy atom. The second-order valence-corrected chi connectivity index (χ2v) is 6.97. The molecule has 0 amide bonds. The van der Waals surface area contributed by atoms with E-state index in [9.17, 15) is 8.42 Å². The standard InChI is InChI=1S/C15H25NO2S/c1-4-14(16-5-2)10-8-12-19(17,18)15-11-7-6-9-13(15)3/h6-7,9,11,14,16H,4-5,8,10,12H2,1-3H3. The quantitative estimate of drug-likeness (QED) is 0.798. The normalized spacial score (nSPS) is 13.4. The number of rotatable bonds is 8. The molecule has 0 radical (unpaired) electrons. The number of nitrogens with one attached hydrogen (secondary N) is 1. The molecule has 0 aliphatic rings. The van der Waals surface area contributed by atoms with Crippen molar-refractivity contribution in [3.63, 3.8) is 0 Å². The maximum Gasteiger partial charge on any atom is 0.178 e. The van der Waals surface area contributed by atoms with E-state index in [4.69, 9.17) is 0 Å². The van der Waals surface area contributed by atoms with Crippen molar-refractivity contribution in [3.05, 3.63) is 29.8 Å². The lowest BCUT2D eigenvalue weighted by Gasteiger charge is -2.15. The molecule has 0 saturated heterocycles. The summed E-state index contributed by atoms with van der Waals surface area (Å²) in [5.74, 6) is 0.236. The lowest BCUT2D eigenvalue weighted by atomic mass is 10.1. The zero-order chi connectivity index (χ0) is 14.3. The van der Waals surface area contributed by atoms with Crippen LogP contribution in [0.4, 0.5) is 0 Å². The van der Waals surface area contributed by atoms with Gasteiger partial charge in [0.05, 0.1) is 10.6 Å². The number of sulfone groups is 1. The number of hydrogen-bond acceptors (Lipinski definition) is 3. The van der Waals surface area contributed by atoms with E-state index in [1.54, 1.807) is 12.1 Å². The van der Waals surface area contributed by atoms with Crippen LogP contribution in [-0.2, 0) is 9.84 Å². The van der Waals surface area contributed by atoms with E-state index in [1.165, 1.54) is 0 Å². The Morgan fingerprint density at radius 1 is 1.21 bits per heavy atom. The molecule has 0 heterocycles. The van der Waals surface area contributed by atoms with E-state index in [0.717, 1.165) is 24.9 Å². The first-order chi connectivity index (χ1) is 9.01. The Balaban J connectivity index is 2.59. The van der Waals surface area contributed by atoms with Gasteiger partial charge in [0, 0.05) is 6.04 Å². The van der Waals surface area contributed by atoms with Gasteiger partial charge in [-0.2, -0.15) is 0 Å². The molecule has 1 atom stereocenters. The van der Waals surface area contributed by atoms with Crippen molar-refractivity contribution in [2.24, 2.45) is 0 Å². The summed E-state index contributed by atoms with van der Waals surface area (Å²) >= 11 is 0. The van der Waals surface area contributed by atoms with Crippen LogP contribution in [0.1, 0.15) is 38.7 Å². The van der Waals surface area contributed by atoms with Gasteiger partial charge >= 0.3 is 0 Å². The topological polar surface area (TPSA) is 46.2 Å². The lowest BCUT2D eigenvalue weighted by molar-refractivity contribution is 0.475. The second kappa shape index (κ2) is 7.65. The Kier molecular flexibility index (Phi) is 6.52. The van der Waals surface area contributed by atoms with Gasteiger partial charge in [-0.3, -0.25) is 0 Å². The summed E-state index contributed by atoms with van der Waals surface area (Å²) in [6.07, 6.45) is 2.66. The SMILES string of the molecule is CCNC(CC)CCCS(=O)(=O)c1ccccc1C. The number of hydrogen-bond donors (Lipinski definition) is 1. The van der Waals surface area contributed by atoms with E-state index in [-0.39, 0.29) is 5.75 Å². The third-order valence-corrected chi connectivity index (χ3v) is 5.33. The lowest BCUT2D eigenvalue weighted by Crippen LogP contribution is -2.28. The molecule has 19 heavy (non-hydrogen) atoms. The van der Waals surface area contributed by atoms with Crippen molar-refractivity contribution in [1.29, 1.82) is 0 Å². The molecule has 4 heteroatoms. The summed E-state index contributed by atoms with van der Waals surface area (Å²) in [5.41, 5.74) is 0.834. The molecule has 1 aromatic carbocycles. The molecule has 1 rings (SSSR count). The van der Waals surface area contributed by atoms with Crippen LogP contribution in [0.15, 0.2) is 29.2 Å². The van der Waals surface area contributed by atoms with E-state index < -0.39 is 9.84 Å². The average molecular weight is 283 g/mol. The van der Waals surface area contributed by atoms with Crippen LogP contribution < -0.4 is 5.32 Å². The van der Waals surface area contributed by atoms with Gasteiger partial charge in [0.25, 0.3) is 0 Å². The molecule has 0 fully saturated rings. The van der Waals surface area contributed by atoms with Gasteiger partial charge in [0.15, 0.2) is 9.84 Å². The van der Waals surface area contributed by atoms with Crippen molar-refractivity contribution in [3.8, 4) is 0 Å². The van der Waals surface area contributed by atoms with E-state index in [1.807, 2.05) is 19.1 Å². The first-order valence-corrected chi connectivity index (χ1v) is 8.68. The minimum absolute atomic E-state index is 0.236. The van der Waals surface area contributed by atoms with Crippen molar-refractivity contribution < 1.29 is 8.42 Å². The maximum absolute atomic E-state index is 12.3. The third kappa shape index (κ3) is 4.96. The van der Waals surface area contributed by atoms with Gasteiger partial charge in [-0.15, -0.1) is 0 Å². The Labute approximate surface area is 117 Å². The Hall–Kier alpha value is -0.870. The third-order valence-electron chi connectivity index (χ3n) is 3.38. The zero-order valence-electron chi connectivity index (χ0n) is 12.1. The summed E-state index contributed by atoms with van der Waals surface area (Å²) in [4.78, 5) is 0.478. The smallest absolute Gasteiger partial charge is 0.178 e. The highest BCUT2D eigenvalue weighted by atomic mass is 32.2. The molecule has 0 aliphatic carbocycles. The van der Waals surface area contributed by atoms with Crippen LogP contribution in [0.5, 0.6) is 0 Å². The molecule has 0 aliphatic heterocycles. The molecular weight excluding hydrogens is 258 g/mol. The summed E-state index contributed by atoms with van der Waals surface area (Å²) < 4.78 is 24.5. The Bertz CT molecular complexity index is 483. The van der Waals surface area contributed by atoms with Gasteiger partial charge in [-0.05, 0) is 44.4 Å². The minimum Gasteiger partial charge on any atom is -0.314 e. The monoisotopic (exact) mass is 283 g/mol. The average Bonchev–Trinajstić information content (AvgIpc) is 2.38. The molecule has 1 N–H and O–H groups in total. The molecular formula is C15H25NO2S. The van der Waals surface area contributed by atoms with Crippen LogP contribution in [-0.4, -0.2) is 26.8 Å². The summed E-state index contributed by atoms with van der Waals surface area (Å²) in [6.45, 7) is 6.99. The van der Waals surface area contributed by atoms with Crippen LogP contribution in [0.25, 0.3) is 0 Å². The van der Waals surface area contributed by atoms with Gasteiger partial charge < -0.3 is 5.32 Å². The molecule has 0 bridgehead atoms. The molecule has 0 aromatic heterocycles. The molecule has 3 nitrogen and oxygen atoms in total. The van der Waals surface area contributed by atoms with Crippen molar-refractivity contribution in [1.82, 2.24) is 5.32 Å². The largest absolute Gasteiger partial charge is 0.314 e. The molecule has 0 spiro atoms. The van der Waals surface area contributed by atoms with Crippen LogP contribution in [0, 0.1) is 6.92 Å². The molecule has 1 aromatic rings. The fourth-order valence-corrected chi connectivity index (χ4v) is 3.89. The zero-order valence-corrected chi connectivity index (χ0v) is 13.0. The summed E-state index contributed by atoms with van der Waals surface area (Å²) in [7, 11) is -3.14. The predicted octanol–water partition coefficient (Wildman–Crippen LogP) is 2.94. The molecule has 1 unspecified atom stereocenters. The molecule has 108 valence electrons. The van der Waals surface area contributed by atoms with Gasteiger partial charge in [0.1, 0.15) is 0 Å². The van der Waals surface area contributed by atoms with Gasteiger partial charge in [-0.1, -0.05) is 32.0 Å². The minimum atomic E-state index is -3.14. The fourth-order valence-electron chi connectivity index (χ4n) is 2.27. The van der Waals surface area contributed by atoms with Crippen LogP contribution in [0.3, 0.4) is 0 Å². The fraction of sp³-hybridized carbons (Fsp3) is 0.600.